The maximum Gasteiger partial charge on any atom is 0.342 e. The Kier molecular flexibility index (Phi) is 5.32. The second-order valence-electron chi connectivity index (χ2n) is 5.91. The van der Waals surface area contributed by atoms with Crippen LogP contribution >= 0.6 is 0 Å². The number of carbonyl (C=O) groups excluding carboxylic acids is 2. The van der Waals surface area contributed by atoms with Gasteiger partial charge in [-0.1, -0.05) is 60.7 Å². The van der Waals surface area contributed by atoms with Crippen molar-refractivity contribution >= 4 is 11.8 Å². The molecule has 4 heteroatoms. The number of ether oxygens (including phenoxy) is 1. The third kappa shape index (κ3) is 3.59. The number of furan rings is 1. The molecule has 3 rings (SSSR count). The van der Waals surface area contributed by atoms with Gasteiger partial charge in [-0.15, -0.1) is 0 Å². The number of rotatable bonds is 6. The van der Waals surface area contributed by atoms with E-state index in [9.17, 15) is 9.59 Å². The second-order valence-corrected chi connectivity index (χ2v) is 5.91. The molecule has 0 aliphatic heterocycles. The number of hydrogen-bond donors (Lipinski definition) is 0. The average Bonchev–Trinajstić information content (AvgIpc) is 2.98. The van der Waals surface area contributed by atoms with Gasteiger partial charge in [-0.05, 0) is 19.4 Å². The van der Waals surface area contributed by atoms with E-state index in [1.54, 1.807) is 38.1 Å². The molecule has 0 unspecified atom stereocenters. The van der Waals surface area contributed by atoms with Gasteiger partial charge in [0, 0.05) is 12.0 Å². The zero-order chi connectivity index (χ0) is 18.5. The van der Waals surface area contributed by atoms with E-state index in [-0.39, 0.29) is 23.5 Å². The molecular formula is C22H20O4. The number of esters is 1. The van der Waals surface area contributed by atoms with Crippen molar-refractivity contribution in [3.63, 3.8) is 0 Å². The van der Waals surface area contributed by atoms with Gasteiger partial charge < -0.3 is 9.15 Å². The Bertz CT molecular complexity index is 908. The van der Waals surface area contributed by atoms with Crippen LogP contribution in [0.25, 0.3) is 0 Å². The summed E-state index contributed by atoms with van der Waals surface area (Å²) in [5, 5.41) is 0. The second kappa shape index (κ2) is 7.83. The summed E-state index contributed by atoms with van der Waals surface area (Å²) in [6, 6.07) is 18.6. The van der Waals surface area contributed by atoms with E-state index in [2.05, 4.69) is 0 Å². The third-order valence-corrected chi connectivity index (χ3v) is 4.11. The molecule has 4 nitrogen and oxygen atoms in total. The molecule has 0 aliphatic rings. The Hall–Kier alpha value is -3.14. The lowest BCUT2D eigenvalue weighted by Gasteiger charge is -2.06. The first-order valence-electron chi connectivity index (χ1n) is 8.54. The zero-order valence-corrected chi connectivity index (χ0v) is 14.8. The van der Waals surface area contributed by atoms with Crippen LogP contribution in [0.2, 0.25) is 0 Å². The lowest BCUT2D eigenvalue weighted by atomic mass is 9.96. The van der Waals surface area contributed by atoms with Gasteiger partial charge in [0.2, 0.25) is 0 Å². The summed E-state index contributed by atoms with van der Waals surface area (Å²) in [6.07, 6.45) is 0.426. The first kappa shape index (κ1) is 17.7. The largest absolute Gasteiger partial charge is 0.464 e. The molecule has 132 valence electrons. The number of carbonyl (C=O) groups is 2. The Morgan fingerprint density at radius 1 is 0.923 bits per heavy atom. The molecule has 2 aromatic carbocycles. The summed E-state index contributed by atoms with van der Waals surface area (Å²) in [7, 11) is 0. The SMILES string of the molecule is CCOC(=O)c1c(C)oc(Cc2ccccc2)c1C(=O)c1ccccc1. The van der Waals surface area contributed by atoms with Crippen molar-refractivity contribution in [3.05, 3.63) is 94.4 Å². The van der Waals surface area contributed by atoms with Gasteiger partial charge in [-0.2, -0.15) is 0 Å². The number of hydrogen-bond acceptors (Lipinski definition) is 4. The van der Waals surface area contributed by atoms with E-state index in [1.165, 1.54) is 0 Å². The smallest absolute Gasteiger partial charge is 0.342 e. The van der Waals surface area contributed by atoms with E-state index in [0.717, 1.165) is 5.56 Å². The van der Waals surface area contributed by atoms with Gasteiger partial charge in [0.05, 0.1) is 12.2 Å². The van der Waals surface area contributed by atoms with Crippen LogP contribution in [0.3, 0.4) is 0 Å². The zero-order valence-electron chi connectivity index (χ0n) is 14.8. The molecule has 0 saturated carbocycles. The topological polar surface area (TPSA) is 56.5 Å². The first-order valence-corrected chi connectivity index (χ1v) is 8.54. The van der Waals surface area contributed by atoms with Gasteiger partial charge in [-0.25, -0.2) is 4.79 Å². The van der Waals surface area contributed by atoms with E-state index < -0.39 is 5.97 Å². The monoisotopic (exact) mass is 348 g/mol. The molecule has 0 saturated heterocycles. The highest BCUT2D eigenvalue weighted by Crippen LogP contribution is 2.28. The Labute approximate surface area is 152 Å². The van der Waals surface area contributed by atoms with E-state index in [4.69, 9.17) is 9.15 Å². The summed E-state index contributed by atoms with van der Waals surface area (Å²) in [6.45, 7) is 3.65. The van der Waals surface area contributed by atoms with Crippen molar-refractivity contribution in [2.75, 3.05) is 6.61 Å². The molecule has 0 radical (unpaired) electrons. The lowest BCUT2D eigenvalue weighted by molar-refractivity contribution is 0.0522. The molecule has 26 heavy (non-hydrogen) atoms. The molecular weight excluding hydrogens is 328 g/mol. The molecule has 0 bridgehead atoms. The summed E-state index contributed by atoms with van der Waals surface area (Å²) in [5.74, 6) is 0.100. The number of aryl methyl sites for hydroxylation is 1. The number of benzene rings is 2. The van der Waals surface area contributed by atoms with Crippen molar-refractivity contribution in [1.82, 2.24) is 0 Å². The van der Waals surface area contributed by atoms with Crippen molar-refractivity contribution in [2.45, 2.75) is 20.3 Å². The molecule has 0 amide bonds. The van der Waals surface area contributed by atoms with Gasteiger partial charge in [0.15, 0.2) is 5.78 Å². The van der Waals surface area contributed by atoms with E-state index in [1.807, 2.05) is 36.4 Å². The summed E-state index contributed by atoms with van der Waals surface area (Å²) < 4.78 is 11.0. The van der Waals surface area contributed by atoms with Crippen LogP contribution in [-0.4, -0.2) is 18.4 Å². The van der Waals surface area contributed by atoms with Crippen LogP contribution in [0.4, 0.5) is 0 Å². The minimum Gasteiger partial charge on any atom is -0.464 e. The molecule has 1 heterocycles. The normalized spacial score (nSPS) is 10.5. The van der Waals surface area contributed by atoms with Crippen LogP contribution in [0.5, 0.6) is 0 Å². The fourth-order valence-electron chi connectivity index (χ4n) is 2.93. The molecule has 0 N–H and O–H groups in total. The van der Waals surface area contributed by atoms with Crippen LogP contribution in [0, 0.1) is 6.92 Å². The van der Waals surface area contributed by atoms with Crippen molar-refractivity contribution < 1.29 is 18.7 Å². The maximum atomic E-state index is 13.1. The highest BCUT2D eigenvalue weighted by Gasteiger charge is 2.29. The Balaban J connectivity index is 2.11. The van der Waals surface area contributed by atoms with Crippen LogP contribution in [0.1, 0.15) is 50.3 Å². The minimum absolute atomic E-state index is 0.214. The fraction of sp³-hybridized carbons (Fsp3) is 0.182. The first-order chi connectivity index (χ1) is 12.6. The van der Waals surface area contributed by atoms with E-state index in [0.29, 0.717) is 23.5 Å². The van der Waals surface area contributed by atoms with Crippen molar-refractivity contribution in [1.29, 1.82) is 0 Å². The van der Waals surface area contributed by atoms with Gasteiger partial charge >= 0.3 is 5.97 Å². The number of ketones is 1. The molecule has 1 aromatic heterocycles. The average molecular weight is 348 g/mol. The van der Waals surface area contributed by atoms with Gasteiger partial charge in [0.1, 0.15) is 17.1 Å². The molecule has 0 atom stereocenters. The summed E-state index contributed by atoms with van der Waals surface area (Å²) >= 11 is 0. The summed E-state index contributed by atoms with van der Waals surface area (Å²) in [5.41, 5.74) is 2.01. The molecule has 0 aliphatic carbocycles. The minimum atomic E-state index is -0.535. The molecule has 0 fully saturated rings. The van der Waals surface area contributed by atoms with Crippen LogP contribution < -0.4 is 0 Å². The quantitative estimate of drug-likeness (QED) is 0.483. The molecule has 3 aromatic rings. The van der Waals surface area contributed by atoms with Crippen molar-refractivity contribution in [3.8, 4) is 0 Å². The fourth-order valence-corrected chi connectivity index (χ4v) is 2.93. The predicted molar refractivity (Wildman–Crippen MR) is 98.5 cm³/mol. The standard InChI is InChI=1S/C22H20O4/c1-3-25-22(24)19-15(2)26-18(14-16-10-6-4-7-11-16)20(19)21(23)17-12-8-5-9-13-17/h4-13H,3,14H2,1-2H3. The van der Waals surface area contributed by atoms with Crippen LogP contribution in [-0.2, 0) is 11.2 Å². The predicted octanol–water partition coefficient (Wildman–Crippen LogP) is 4.59. The van der Waals surface area contributed by atoms with Gasteiger partial charge in [-0.3, -0.25) is 4.79 Å². The lowest BCUT2D eigenvalue weighted by Crippen LogP contribution is -2.13. The highest BCUT2D eigenvalue weighted by atomic mass is 16.5. The van der Waals surface area contributed by atoms with Crippen LogP contribution in [0.15, 0.2) is 65.1 Å². The molecule has 0 spiro atoms. The maximum absolute atomic E-state index is 13.1. The van der Waals surface area contributed by atoms with Crippen molar-refractivity contribution in [2.24, 2.45) is 0 Å². The van der Waals surface area contributed by atoms with Gasteiger partial charge in [0.25, 0.3) is 0 Å². The Morgan fingerprint density at radius 3 is 2.15 bits per heavy atom. The highest BCUT2D eigenvalue weighted by molar-refractivity contribution is 6.15. The third-order valence-electron chi connectivity index (χ3n) is 4.11. The Morgan fingerprint density at radius 2 is 1.54 bits per heavy atom. The van der Waals surface area contributed by atoms with E-state index >= 15 is 0 Å². The summed E-state index contributed by atoms with van der Waals surface area (Å²) in [4.78, 5) is 25.6.